The Balaban J connectivity index is 3.03. The van der Waals surface area contributed by atoms with Crippen LogP contribution in [0.25, 0.3) is 0 Å². The molecule has 0 aliphatic carbocycles. The van der Waals surface area contributed by atoms with Gasteiger partial charge in [0, 0.05) is 6.42 Å². The molecule has 0 radical (unpaired) electrons. The van der Waals surface area contributed by atoms with Crippen molar-refractivity contribution in [3.8, 4) is 0 Å². The van der Waals surface area contributed by atoms with Crippen molar-refractivity contribution in [1.82, 2.24) is 0 Å². The fourth-order valence-corrected chi connectivity index (χ4v) is 1.56. The van der Waals surface area contributed by atoms with E-state index >= 15 is 0 Å². The summed E-state index contributed by atoms with van der Waals surface area (Å²) in [5.41, 5.74) is 1.24. The number of carbonyl (C=O) groups excluding carboxylic acids is 1. The molecular weight excluding hydrogens is 255 g/mol. The van der Waals surface area contributed by atoms with Crippen LogP contribution in [-0.4, -0.2) is 17.9 Å². The lowest BCUT2D eigenvalue weighted by Crippen LogP contribution is -2.45. The molecule has 100 valence electrons. The highest BCUT2D eigenvalue weighted by atomic mass is 19.4. The summed E-state index contributed by atoms with van der Waals surface area (Å²) in [6, 6.07) is 4.75. The van der Waals surface area contributed by atoms with Gasteiger partial charge >= 0.3 is 12.1 Å². The molecule has 6 heteroatoms. The van der Waals surface area contributed by atoms with Gasteiger partial charge in [0.15, 0.2) is 0 Å². The monoisotopic (exact) mass is 266 g/mol. The molecule has 0 aliphatic heterocycles. The molecule has 0 heterocycles. The quantitative estimate of drug-likeness (QED) is 0.764. The Morgan fingerprint density at radius 1 is 1.06 bits per heavy atom. The first kappa shape index (κ1) is 14.6. The summed E-state index contributed by atoms with van der Waals surface area (Å²) in [5, 5.41) is 0. The van der Waals surface area contributed by atoms with Gasteiger partial charge in [0.05, 0.1) is 0 Å². The predicted octanol–water partition coefficient (Wildman–Crippen LogP) is 3.61. The molecule has 0 amide bonds. The number of alkyl halides is 5. The second-order valence-corrected chi connectivity index (χ2v) is 4.04. The zero-order chi connectivity index (χ0) is 14.1. The van der Waals surface area contributed by atoms with E-state index in [-0.39, 0.29) is 5.56 Å². The summed E-state index contributed by atoms with van der Waals surface area (Å²) < 4.78 is 61.6. The highest BCUT2D eigenvalue weighted by Crippen LogP contribution is 2.37. The summed E-state index contributed by atoms with van der Waals surface area (Å²) in [6.07, 6.45) is -6.77. The number of carbonyl (C=O) groups is 1. The molecule has 0 saturated heterocycles. The van der Waals surface area contributed by atoms with Crippen LogP contribution in [0, 0.1) is 13.8 Å². The van der Waals surface area contributed by atoms with Crippen LogP contribution in [0.2, 0.25) is 0 Å². The van der Waals surface area contributed by atoms with Crippen LogP contribution in [0.4, 0.5) is 22.0 Å². The Morgan fingerprint density at radius 3 is 1.89 bits per heavy atom. The molecule has 1 rings (SSSR count). The lowest BCUT2D eigenvalue weighted by Gasteiger charge is -2.19. The lowest BCUT2D eigenvalue weighted by atomic mass is 9.96. The molecule has 0 saturated carbocycles. The fourth-order valence-electron chi connectivity index (χ4n) is 1.56. The standard InChI is InChI=1S/C12H11F5O/c1-7-4-3-5-8(2)9(7)6-10(18)11(13,14)12(15,16)17/h3-5H,6H2,1-2H3. The van der Waals surface area contributed by atoms with Crippen LogP contribution >= 0.6 is 0 Å². The largest absolute Gasteiger partial charge is 0.461 e. The second kappa shape index (κ2) is 4.66. The average molecular weight is 266 g/mol. The Bertz CT molecular complexity index is 442. The molecule has 1 nitrogen and oxygen atoms in total. The van der Waals surface area contributed by atoms with Gasteiger partial charge in [-0.15, -0.1) is 0 Å². The topological polar surface area (TPSA) is 17.1 Å². The van der Waals surface area contributed by atoms with Crippen molar-refractivity contribution in [3.63, 3.8) is 0 Å². The Hall–Kier alpha value is -1.46. The minimum atomic E-state index is -5.85. The normalized spacial score (nSPS) is 12.6. The van der Waals surface area contributed by atoms with Gasteiger partial charge in [0.25, 0.3) is 0 Å². The minimum absolute atomic E-state index is 0.214. The van der Waals surface area contributed by atoms with Gasteiger partial charge in [-0.2, -0.15) is 22.0 Å². The van der Waals surface area contributed by atoms with E-state index in [2.05, 4.69) is 0 Å². The first-order valence-electron chi connectivity index (χ1n) is 5.10. The highest BCUT2D eigenvalue weighted by molar-refractivity contribution is 5.88. The Labute approximate surface area is 101 Å². The number of benzene rings is 1. The molecule has 0 atom stereocenters. The second-order valence-electron chi connectivity index (χ2n) is 4.04. The lowest BCUT2D eigenvalue weighted by molar-refractivity contribution is -0.268. The number of hydrogen-bond acceptors (Lipinski definition) is 1. The van der Waals surface area contributed by atoms with Crippen LogP contribution in [0.15, 0.2) is 18.2 Å². The van der Waals surface area contributed by atoms with Gasteiger partial charge in [0.1, 0.15) is 0 Å². The van der Waals surface area contributed by atoms with Crippen LogP contribution in [0.1, 0.15) is 16.7 Å². The highest BCUT2D eigenvalue weighted by Gasteiger charge is 2.62. The molecular formula is C12H11F5O. The van der Waals surface area contributed by atoms with Crippen molar-refractivity contribution in [2.24, 2.45) is 0 Å². The number of halogens is 5. The van der Waals surface area contributed by atoms with Crippen molar-refractivity contribution in [2.75, 3.05) is 0 Å². The van der Waals surface area contributed by atoms with Gasteiger partial charge in [-0.05, 0) is 30.5 Å². The maximum Gasteiger partial charge on any atom is 0.461 e. The first-order valence-corrected chi connectivity index (χ1v) is 5.10. The Kier molecular flexibility index (Phi) is 3.78. The van der Waals surface area contributed by atoms with E-state index in [0.29, 0.717) is 11.1 Å². The molecule has 1 aromatic rings. The third kappa shape index (κ3) is 2.68. The molecule has 0 unspecified atom stereocenters. The molecule has 0 N–H and O–H groups in total. The fraction of sp³-hybridized carbons (Fsp3) is 0.417. The van der Waals surface area contributed by atoms with E-state index in [4.69, 9.17) is 0 Å². The molecule has 0 bridgehead atoms. The maximum absolute atomic E-state index is 12.8. The molecule has 0 spiro atoms. The number of hydrogen-bond donors (Lipinski definition) is 0. The zero-order valence-electron chi connectivity index (χ0n) is 9.74. The average Bonchev–Trinajstić information content (AvgIpc) is 2.21. The predicted molar refractivity (Wildman–Crippen MR) is 55.6 cm³/mol. The van der Waals surface area contributed by atoms with Crippen LogP contribution in [-0.2, 0) is 11.2 Å². The van der Waals surface area contributed by atoms with Crippen molar-refractivity contribution in [1.29, 1.82) is 0 Å². The van der Waals surface area contributed by atoms with E-state index < -0.39 is 24.3 Å². The van der Waals surface area contributed by atoms with E-state index in [1.165, 1.54) is 0 Å². The number of ketones is 1. The van der Waals surface area contributed by atoms with Crippen molar-refractivity contribution >= 4 is 5.78 Å². The maximum atomic E-state index is 12.8. The molecule has 0 fully saturated rings. The van der Waals surface area contributed by atoms with E-state index in [1.807, 2.05) is 0 Å². The van der Waals surface area contributed by atoms with E-state index in [0.717, 1.165) is 0 Å². The molecule has 18 heavy (non-hydrogen) atoms. The van der Waals surface area contributed by atoms with Gasteiger partial charge in [-0.25, -0.2) is 0 Å². The molecule has 1 aromatic carbocycles. The van der Waals surface area contributed by atoms with Crippen LogP contribution < -0.4 is 0 Å². The molecule has 0 aromatic heterocycles. The number of Topliss-reactive ketones (excluding diaryl/α,β-unsaturated/α-hetero) is 1. The minimum Gasteiger partial charge on any atom is -0.292 e. The van der Waals surface area contributed by atoms with Crippen molar-refractivity contribution in [2.45, 2.75) is 32.4 Å². The van der Waals surface area contributed by atoms with Crippen molar-refractivity contribution in [3.05, 3.63) is 34.9 Å². The molecule has 0 aliphatic rings. The SMILES string of the molecule is Cc1cccc(C)c1CC(=O)C(F)(F)C(F)(F)F. The van der Waals surface area contributed by atoms with E-state index in [9.17, 15) is 26.7 Å². The summed E-state index contributed by atoms with van der Waals surface area (Å²) in [4.78, 5) is 11.1. The van der Waals surface area contributed by atoms with Crippen LogP contribution in [0.5, 0.6) is 0 Å². The zero-order valence-corrected chi connectivity index (χ0v) is 9.74. The van der Waals surface area contributed by atoms with E-state index in [1.54, 1.807) is 32.0 Å². The van der Waals surface area contributed by atoms with Gasteiger partial charge in [-0.1, -0.05) is 18.2 Å². The number of aryl methyl sites for hydroxylation is 2. The number of rotatable bonds is 3. The summed E-state index contributed by atoms with van der Waals surface area (Å²) in [7, 11) is 0. The first-order chi connectivity index (χ1) is 8.07. The smallest absolute Gasteiger partial charge is 0.292 e. The van der Waals surface area contributed by atoms with Crippen molar-refractivity contribution < 1.29 is 26.7 Å². The van der Waals surface area contributed by atoms with Crippen LogP contribution in [0.3, 0.4) is 0 Å². The Morgan fingerprint density at radius 2 is 1.50 bits per heavy atom. The summed E-state index contributed by atoms with van der Waals surface area (Å²) in [6.45, 7) is 3.11. The van der Waals surface area contributed by atoms with Gasteiger partial charge in [-0.3, -0.25) is 4.79 Å². The summed E-state index contributed by atoms with van der Waals surface area (Å²) in [5.74, 6) is -7.44. The van der Waals surface area contributed by atoms with Gasteiger partial charge in [0.2, 0.25) is 5.78 Å². The third-order valence-corrected chi connectivity index (χ3v) is 2.69. The summed E-state index contributed by atoms with van der Waals surface area (Å²) >= 11 is 0. The third-order valence-electron chi connectivity index (χ3n) is 2.69. The van der Waals surface area contributed by atoms with Gasteiger partial charge < -0.3 is 0 Å².